The van der Waals surface area contributed by atoms with Crippen molar-refractivity contribution in [2.24, 2.45) is 0 Å². The van der Waals surface area contributed by atoms with Crippen molar-refractivity contribution < 1.29 is 4.74 Å². The van der Waals surface area contributed by atoms with Gasteiger partial charge in [0.2, 0.25) is 10.6 Å². The Bertz CT molecular complexity index is 289. The molecule has 0 bridgehead atoms. The molecule has 1 aromatic heterocycles. The van der Waals surface area contributed by atoms with Crippen LogP contribution in [0.3, 0.4) is 0 Å². The van der Waals surface area contributed by atoms with Crippen LogP contribution in [0.15, 0.2) is 0 Å². The second kappa shape index (κ2) is 6.80. The molecule has 0 aromatic carbocycles. The van der Waals surface area contributed by atoms with E-state index in [1.807, 2.05) is 0 Å². The van der Waals surface area contributed by atoms with Gasteiger partial charge in [-0.05, 0) is 29.6 Å². The van der Waals surface area contributed by atoms with Crippen LogP contribution in [0.2, 0.25) is 10.6 Å². The zero-order valence-electron chi connectivity index (χ0n) is 8.54. The minimum absolute atomic E-state index is 0.0542. The van der Waals surface area contributed by atoms with Gasteiger partial charge in [0.1, 0.15) is 0 Å². The Kier molecular flexibility index (Phi) is 5.65. The summed E-state index contributed by atoms with van der Waals surface area (Å²) in [6, 6.07) is 0.191. The summed E-state index contributed by atoms with van der Waals surface area (Å²) in [5.74, 6) is 0. The van der Waals surface area contributed by atoms with Crippen LogP contribution in [-0.2, 0) is 0 Å². The van der Waals surface area contributed by atoms with Crippen LogP contribution in [0.25, 0.3) is 0 Å². The summed E-state index contributed by atoms with van der Waals surface area (Å²) in [6.07, 6.45) is 4.53. The first-order valence-electron chi connectivity index (χ1n) is 4.92. The average molecular weight is 250 g/mol. The number of ether oxygens (including phenoxy) is 1. The number of halogens is 2. The molecule has 0 aliphatic rings. The summed E-state index contributed by atoms with van der Waals surface area (Å²) >= 11 is 11.2. The average Bonchev–Trinajstić information content (AvgIpc) is 2.16. The molecule has 4 nitrogen and oxygen atoms in total. The first-order chi connectivity index (χ1) is 7.22. The van der Waals surface area contributed by atoms with Crippen LogP contribution >= 0.6 is 23.2 Å². The first kappa shape index (κ1) is 12.5. The van der Waals surface area contributed by atoms with E-state index >= 15 is 0 Å². The van der Waals surface area contributed by atoms with Gasteiger partial charge in [0.15, 0.2) is 0 Å². The predicted octanol–water partition coefficient (Wildman–Crippen LogP) is 3.14. The number of rotatable bonds is 6. The summed E-state index contributed by atoms with van der Waals surface area (Å²) < 4.78 is 5.28. The third-order valence-corrected chi connectivity index (χ3v) is 2.13. The van der Waals surface area contributed by atoms with Gasteiger partial charge in [-0.1, -0.05) is 26.2 Å². The smallest absolute Gasteiger partial charge is 0.322 e. The number of nitrogens with zero attached hydrogens (tertiary/aromatic N) is 3. The molecule has 0 N–H and O–H groups in total. The predicted molar refractivity (Wildman–Crippen MR) is 59.5 cm³/mol. The fourth-order valence-electron chi connectivity index (χ4n) is 1.07. The number of hydrogen-bond acceptors (Lipinski definition) is 4. The Balaban J connectivity index is 2.31. The largest absolute Gasteiger partial charge is 0.463 e. The van der Waals surface area contributed by atoms with Crippen molar-refractivity contribution in [3.8, 4) is 6.01 Å². The van der Waals surface area contributed by atoms with E-state index in [0.717, 1.165) is 12.8 Å². The molecule has 0 saturated heterocycles. The molecular weight excluding hydrogens is 237 g/mol. The highest BCUT2D eigenvalue weighted by atomic mass is 35.5. The maximum Gasteiger partial charge on any atom is 0.322 e. The van der Waals surface area contributed by atoms with Crippen molar-refractivity contribution in [3.05, 3.63) is 10.6 Å². The van der Waals surface area contributed by atoms with Gasteiger partial charge in [-0.25, -0.2) is 0 Å². The molecule has 0 spiro atoms. The Morgan fingerprint density at radius 2 is 1.67 bits per heavy atom. The van der Waals surface area contributed by atoms with Crippen molar-refractivity contribution in [2.45, 2.75) is 32.6 Å². The fourth-order valence-corrected chi connectivity index (χ4v) is 1.41. The van der Waals surface area contributed by atoms with Crippen LogP contribution in [0.4, 0.5) is 0 Å². The van der Waals surface area contributed by atoms with Crippen LogP contribution < -0.4 is 4.74 Å². The van der Waals surface area contributed by atoms with Crippen molar-refractivity contribution >= 4 is 23.2 Å². The third kappa shape index (κ3) is 5.14. The molecule has 84 valence electrons. The van der Waals surface area contributed by atoms with E-state index in [9.17, 15) is 0 Å². The molecule has 1 aromatic rings. The summed E-state index contributed by atoms with van der Waals surface area (Å²) in [6.45, 7) is 2.74. The lowest BCUT2D eigenvalue weighted by Gasteiger charge is -2.03. The highest BCUT2D eigenvalue weighted by molar-refractivity contribution is 6.31. The summed E-state index contributed by atoms with van der Waals surface area (Å²) in [5, 5.41) is 0.108. The molecule has 0 atom stereocenters. The Morgan fingerprint density at radius 1 is 1.00 bits per heavy atom. The maximum atomic E-state index is 5.59. The molecule has 0 amide bonds. The highest BCUT2D eigenvalue weighted by Gasteiger charge is 2.03. The SMILES string of the molecule is CCCCCCOc1nc(Cl)nc(Cl)n1. The van der Waals surface area contributed by atoms with Crippen LogP contribution in [0, 0.1) is 0 Å². The molecule has 15 heavy (non-hydrogen) atoms. The van der Waals surface area contributed by atoms with Gasteiger partial charge in [0.25, 0.3) is 0 Å². The second-order valence-electron chi connectivity index (χ2n) is 3.07. The van der Waals surface area contributed by atoms with Gasteiger partial charge < -0.3 is 4.74 Å². The summed E-state index contributed by atoms with van der Waals surface area (Å²) in [5.41, 5.74) is 0. The van der Waals surface area contributed by atoms with Gasteiger partial charge >= 0.3 is 6.01 Å². The summed E-state index contributed by atoms with van der Waals surface area (Å²) in [4.78, 5) is 11.2. The summed E-state index contributed by atoms with van der Waals surface area (Å²) in [7, 11) is 0. The molecule has 0 fully saturated rings. The van der Waals surface area contributed by atoms with E-state index in [2.05, 4.69) is 21.9 Å². The highest BCUT2D eigenvalue weighted by Crippen LogP contribution is 2.11. The van der Waals surface area contributed by atoms with E-state index < -0.39 is 0 Å². The van der Waals surface area contributed by atoms with Gasteiger partial charge in [-0.3, -0.25) is 0 Å². The first-order valence-corrected chi connectivity index (χ1v) is 5.68. The number of aromatic nitrogens is 3. The standard InChI is InChI=1S/C9H13Cl2N3O/c1-2-3-4-5-6-15-9-13-7(10)12-8(11)14-9/h2-6H2,1H3. The molecule has 0 aliphatic heterocycles. The molecule has 0 aliphatic carbocycles. The maximum absolute atomic E-state index is 5.59. The van der Waals surface area contributed by atoms with Crippen LogP contribution in [0.5, 0.6) is 6.01 Å². The molecule has 0 unspecified atom stereocenters. The Hall–Kier alpha value is -0.610. The lowest BCUT2D eigenvalue weighted by molar-refractivity contribution is 0.281. The van der Waals surface area contributed by atoms with E-state index in [1.165, 1.54) is 12.8 Å². The lowest BCUT2D eigenvalue weighted by atomic mass is 10.2. The zero-order chi connectivity index (χ0) is 11.1. The quantitative estimate of drug-likeness (QED) is 0.727. The topological polar surface area (TPSA) is 47.9 Å². The van der Waals surface area contributed by atoms with E-state index in [1.54, 1.807) is 0 Å². The third-order valence-electron chi connectivity index (χ3n) is 1.79. The van der Waals surface area contributed by atoms with Crippen molar-refractivity contribution in [1.29, 1.82) is 0 Å². The second-order valence-corrected chi connectivity index (χ2v) is 3.74. The monoisotopic (exact) mass is 249 g/mol. The molecule has 6 heteroatoms. The van der Waals surface area contributed by atoms with Crippen LogP contribution in [0.1, 0.15) is 32.6 Å². The molecular formula is C9H13Cl2N3O. The normalized spacial score (nSPS) is 10.3. The lowest BCUT2D eigenvalue weighted by Crippen LogP contribution is -2.02. The van der Waals surface area contributed by atoms with Crippen molar-refractivity contribution in [1.82, 2.24) is 15.0 Å². The minimum atomic E-state index is 0.0542. The molecule has 0 radical (unpaired) electrons. The van der Waals surface area contributed by atoms with Crippen molar-refractivity contribution in [3.63, 3.8) is 0 Å². The van der Waals surface area contributed by atoms with E-state index in [-0.39, 0.29) is 16.6 Å². The van der Waals surface area contributed by atoms with E-state index in [4.69, 9.17) is 27.9 Å². The van der Waals surface area contributed by atoms with E-state index in [0.29, 0.717) is 6.61 Å². The Labute approximate surface area is 99.0 Å². The van der Waals surface area contributed by atoms with Gasteiger partial charge in [0, 0.05) is 0 Å². The van der Waals surface area contributed by atoms with Gasteiger partial charge in [-0.2, -0.15) is 15.0 Å². The van der Waals surface area contributed by atoms with Crippen molar-refractivity contribution in [2.75, 3.05) is 6.61 Å². The number of hydrogen-bond donors (Lipinski definition) is 0. The zero-order valence-corrected chi connectivity index (χ0v) is 10.1. The molecule has 1 rings (SSSR count). The van der Waals surface area contributed by atoms with Gasteiger partial charge in [-0.15, -0.1) is 0 Å². The van der Waals surface area contributed by atoms with Gasteiger partial charge in [0.05, 0.1) is 6.61 Å². The molecule has 0 saturated carbocycles. The fraction of sp³-hybridized carbons (Fsp3) is 0.667. The van der Waals surface area contributed by atoms with Crippen LogP contribution in [-0.4, -0.2) is 21.6 Å². The Morgan fingerprint density at radius 3 is 2.27 bits per heavy atom. The molecule has 1 heterocycles. The minimum Gasteiger partial charge on any atom is -0.463 e. The number of unbranched alkanes of at least 4 members (excludes halogenated alkanes) is 3.